The lowest BCUT2D eigenvalue weighted by atomic mass is 9.62. The summed E-state index contributed by atoms with van der Waals surface area (Å²) in [4.78, 5) is 0. The van der Waals surface area contributed by atoms with Crippen LogP contribution in [0.1, 0.15) is 152 Å². The fraction of sp³-hybridized carbons (Fsp3) is 0.200. The summed E-state index contributed by atoms with van der Waals surface area (Å²) in [6.45, 7) is 25.9. The van der Waals surface area contributed by atoms with E-state index in [4.69, 9.17) is 14.0 Å². The summed E-state index contributed by atoms with van der Waals surface area (Å²) < 4.78 is 26.2. The van der Waals surface area contributed by atoms with E-state index in [0.717, 1.165) is 134 Å². The Labute approximate surface area is 560 Å². The molecule has 0 N–H and O–H groups in total. The second-order valence-corrected chi connectivity index (χ2v) is 26.8. The molecule has 3 atom stereocenters. The molecule has 12 rings (SSSR count). The lowest BCUT2D eigenvalue weighted by Gasteiger charge is -2.48. The smallest absolute Gasteiger partial charge is 0.377 e. The molecular weight excluding hydrogens is 1140 g/mol. The van der Waals surface area contributed by atoms with Crippen molar-refractivity contribution in [3.63, 3.8) is 0 Å². The van der Waals surface area contributed by atoms with Crippen LogP contribution in [0.15, 0.2) is 291 Å². The van der Waals surface area contributed by atoms with Gasteiger partial charge in [0.15, 0.2) is 0 Å². The zero-order valence-corrected chi connectivity index (χ0v) is 56.7. The third-order valence-electron chi connectivity index (χ3n) is 19.6. The lowest BCUT2D eigenvalue weighted by Crippen LogP contribution is -2.48. The SMILES string of the molecule is Cc1ccc(C(OB(OC(c2ccc(C)cc2)C(c2ccc(C)cc2)(c2ccc(C)cc2)c2ccc(C)cc2)OC(c2ccc(C)cc2)C(c2ccc(C)cc2)(c2ccc(C)cc2)c2ccc(C)cc2)C(c2ccc(C)cc2)(c2ccc(C)cc2)c2ccc(C)cc2)cc1. The molecule has 0 radical (unpaired) electrons. The van der Waals surface area contributed by atoms with Crippen molar-refractivity contribution in [2.24, 2.45) is 0 Å². The van der Waals surface area contributed by atoms with E-state index in [1.165, 1.54) is 0 Å². The standard InChI is InChI=1S/C90H87BO3/c1-61-13-37-73(38-14-61)85(88(76-43-19-64(4)20-44-76,77-45-21-65(5)22-46-77)78-47-23-66(6)24-48-78)92-91(93-86(74-39-15-62(2)16-40-74)89(79-49-25-67(7)26-50-79,80-51-27-68(8)28-52-80)81-53-29-69(9)30-54-81)94-87(75-41-17-63(3)18-42-75)90(82-55-31-70(10)32-56-82,83-57-33-71(11)34-58-83)84-59-35-72(12)36-60-84/h13-60,85-87H,1-12H3. The molecule has 0 aromatic heterocycles. The van der Waals surface area contributed by atoms with Gasteiger partial charge in [-0.1, -0.05) is 358 Å². The Hall–Kier alpha value is -9.42. The van der Waals surface area contributed by atoms with E-state index in [0.29, 0.717) is 0 Å². The Balaban J connectivity index is 1.25. The Morgan fingerprint density at radius 1 is 0.170 bits per heavy atom. The number of hydrogen-bond donors (Lipinski definition) is 0. The summed E-state index contributed by atoms with van der Waals surface area (Å²) in [5, 5.41) is 0. The molecule has 4 heteroatoms. The van der Waals surface area contributed by atoms with Crippen LogP contribution in [0.2, 0.25) is 0 Å². The minimum atomic E-state index is -1.48. The van der Waals surface area contributed by atoms with E-state index in [2.05, 4.69) is 374 Å². The van der Waals surface area contributed by atoms with Crippen LogP contribution in [0.4, 0.5) is 0 Å². The van der Waals surface area contributed by atoms with E-state index in [9.17, 15) is 0 Å². The van der Waals surface area contributed by atoms with Gasteiger partial charge in [0.1, 0.15) is 0 Å². The summed E-state index contributed by atoms with van der Waals surface area (Å²) in [6, 6.07) is 108. The van der Waals surface area contributed by atoms with Crippen molar-refractivity contribution < 1.29 is 14.0 Å². The Morgan fingerprint density at radius 3 is 0.394 bits per heavy atom. The molecule has 3 nitrogen and oxygen atoms in total. The van der Waals surface area contributed by atoms with E-state index in [1.807, 2.05) is 0 Å². The molecule has 0 aliphatic carbocycles. The van der Waals surface area contributed by atoms with Crippen LogP contribution in [-0.4, -0.2) is 7.32 Å². The number of hydrogen-bond acceptors (Lipinski definition) is 3. The van der Waals surface area contributed by atoms with Crippen molar-refractivity contribution in [2.75, 3.05) is 0 Å². The average molecular weight is 1230 g/mol. The molecule has 0 heterocycles. The van der Waals surface area contributed by atoms with Crippen LogP contribution in [-0.2, 0) is 30.2 Å². The first-order valence-electron chi connectivity index (χ1n) is 33.3. The van der Waals surface area contributed by atoms with E-state index in [-0.39, 0.29) is 0 Å². The third kappa shape index (κ3) is 12.9. The van der Waals surface area contributed by atoms with Crippen LogP contribution in [0, 0.1) is 83.1 Å². The Kier molecular flexibility index (Phi) is 19.0. The first kappa shape index (κ1) is 64.7. The zero-order chi connectivity index (χ0) is 65.7. The minimum Gasteiger partial charge on any atom is -0.377 e. The van der Waals surface area contributed by atoms with Gasteiger partial charge in [0.2, 0.25) is 0 Å². The summed E-state index contributed by atoms with van der Waals surface area (Å²) in [5.74, 6) is 0. The van der Waals surface area contributed by atoms with E-state index < -0.39 is 41.9 Å². The van der Waals surface area contributed by atoms with Crippen molar-refractivity contribution in [1.29, 1.82) is 0 Å². The van der Waals surface area contributed by atoms with Crippen LogP contribution < -0.4 is 0 Å². The number of rotatable bonds is 21. The molecule has 12 aromatic rings. The van der Waals surface area contributed by atoms with Gasteiger partial charge in [-0.05, 0) is 150 Å². The first-order valence-corrected chi connectivity index (χ1v) is 33.3. The number of aryl methyl sites for hydroxylation is 12. The molecule has 468 valence electrons. The quantitative estimate of drug-likeness (QED) is 0.0530. The molecule has 0 aliphatic rings. The second kappa shape index (κ2) is 27.7. The molecular formula is C90H87BO3. The largest absolute Gasteiger partial charge is 0.640 e. The maximum atomic E-state index is 8.72. The van der Waals surface area contributed by atoms with Gasteiger partial charge in [-0.3, -0.25) is 0 Å². The van der Waals surface area contributed by atoms with Crippen molar-refractivity contribution in [3.05, 3.63) is 425 Å². The van der Waals surface area contributed by atoms with Gasteiger partial charge in [0.25, 0.3) is 0 Å². The third-order valence-corrected chi connectivity index (χ3v) is 19.6. The second-order valence-electron chi connectivity index (χ2n) is 26.8. The van der Waals surface area contributed by atoms with Crippen molar-refractivity contribution in [1.82, 2.24) is 0 Å². The molecule has 0 aliphatic heterocycles. The van der Waals surface area contributed by atoms with Crippen molar-refractivity contribution >= 4 is 7.32 Å². The van der Waals surface area contributed by atoms with Gasteiger partial charge in [-0.15, -0.1) is 0 Å². The highest BCUT2D eigenvalue weighted by atomic mass is 16.7. The van der Waals surface area contributed by atoms with E-state index in [1.54, 1.807) is 0 Å². The summed E-state index contributed by atoms with van der Waals surface area (Å²) >= 11 is 0. The topological polar surface area (TPSA) is 27.7 Å². The van der Waals surface area contributed by atoms with Gasteiger partial charge in [-0.25, -0.2) is 0 Å². The molecule has 0 bridgehead atoms. The van der Waals surface area contributed by atoms with Gasteiger partial charge in [-0.2, -0.15) is 0 Å². The van der Waals surface area contributed by atoms with Crippen molar-refractivity contribution in [3.8, 4) is 0 Å². The maximum Gasteiger partial charge on any atom is 0.640 e. The average Bonchev–Trinajstić information content (AvgIpc) is 0.739. The van der Waals surface area contributed by atoms with Gasteiger partial charge in [0, 0.05) is 0 Å². The predicted molar refractivity (Wildman–Crippen MR) is 391 cm³/mol. The highest BCUT2D eigenvalue weighted by Gasteiger charge is 2.55. The molecule has 0 fully saturated rings. The van der Waals surface area contributed by atoms with Crippen molar-refractivity contribution in [2.45, 2.75) is 118 Å². The Bertz CT molecular complexity index is 3640. The molecule has 94 heavy (non-hydrogen) atoms. The normalized spacial score (nSPS) is 12.9. The summed E-state index contributed by atoms with van der Waals surface area (Å²) in [5.41, 5.74) is 23.0. The lowest BCUT2D eigenvalue weighted by molar-refractivity contribution is -0.0274. The molecule has 0 saturated carbocycles. The van der Waals surface area contributed by atoms with E-state index >= 15 is 0 Å². The zero-order valence-electron chi connectivity index (χ0n) is 56.7. The highest BCUT2D eigenvalue weighted by molar-refractivity contribution is 6.36. The fourth-order valence-corrected chi connectivity index (χ4v) is 14.2. The number of benzene rings is 12. The summed E-state index contributed by atoms with van der Waals surface area (Å²) in [7, 11) is -1.48. The van der Waals surface area contributed by atoms with Crippen LogP contribution >= 0.6 is 0 Å². The molecule has 0 saturated heterocycles. The van der Waals surface area contributed by atoms with Crippen LogP contribution in [0.3, 0.4) is 0 Å². The fourth-order valence-electron chi connectivity index (χ4n) is 14.2. The highest BCUT2D eigenvalue weighted by Crippen LogP contribution is 2.57. The minimum absolute atomic E-state index is 0.844. The van der Waals surface area contributed by atoms with Gasteiger partial charge in [0.05, 0.1) is 34.6 Å². The van der Waals surface area contributed by atoms with Crippen LogP contribution in [0.5, 0.6) is 0 Å². The molecule has 0 spiro atoms. The maximum absolute atomic E-state index is 8.72. The molecule has 12 aromatic carbocycles. The van der Waals surface area contributed by atoms with Crippen LogP contribution in [0.25, 0.3) is 0 Å². The van der Waals surface area contributed by atoms with Gasteiger partial charge < -0.3 is 14.0 Å². The molecule has 0 amide bonds. The summed E-state index contributed by atoms with van der Waals surface area (Å²) in [6.07, 6.45) is -2.53. The molecule has 3 unspecified atom stereocenters. The predicted octanol–water partition coefficient (Wildman–Crippen LogP) is 22.0. The first-order chi connectivity index (χ1) is 45.4. The Morgan fingerprint density at radius 2 is 0.277 bits per heavy atom. The monoisotopic (exact) mass is 1230 g/mol. The van der Waals surface area contributed by atoms with Gasteiger partial charge >= 0.3 is 7.32 Å².